The van der Waals surface area contributed by atoms with Crippen LogP contribution in [0.4, 0.5) is 5.69 Å². The molecule has 29 heavy (non-hydrogen) atoms. The van der Waals surface area contributed by atoms with Crippen LogP contribution in [0.25, 0.3) is 0 Å². The van der Waals surface area contributed by atoms with Gasteiger partial charge < -0.3 is 14.2 Å². The molecule has 0 aromatic heterocycles. The summed E-state index contributed by atoms with van der Waals surface area (Å²) in [5, 5.41) is 11.2. The third kappa shape index (κ3) is 4.48. The largest absolute Gasteiger partial charge is 0.469 e. The minimum absolute atomic E-state index is 0.0561. The van der Waals surface area contributed by atoms with Crippen molar-refractivity contribution in [3.63, 3.8) is 0 Å². The first kappa shape index (κ1) is 21.7. The van der Waals surface area contributed by atoms with Gasteiger partial charge in [0, 0.05) is 23.8 Å². The number of hydrogen-bond donors (Lipinski definition) is 0. The summed E-state index contributed by atoms with van der Waals surface area (Å²) in [5.41, 5.74) is 0.397. The predicted octanol–water partition coefficient (Wildman–Crippen LogP) is 1.93. The van der Waals surface area contributed by atoms with E-state index in [1.54, 1.807) is 13.0 Å². The van der Waals surface area contributed by atoms with E-state index in [9.17, 15) is 24.5 Å². The molecular weight excluding hydrogens is 384 g/mol. The van der Waals surface area contributed by atoms with Gasteiger partial charge in [-0.2, -0.15) is 0 Å². The highest BCUT2D eigenvalue weighted by Crippen LogP contribution is 2.41. The molecule has 0 amide bonds. The lowest BCUT2D eigenvalue weighted by atomic mass is 9.75. The number of non-ortho nitro benzene ring substituents is 1. The standard InChI is InChI=1S/C19H20N2O8/c1-10-15(18(23)28-3)16(11-6-5-7-12(8-11)21(25)26)17(19(24)29-4)13(20-10)9-14(22)27-2/h5-8,15-16H,9H2,1-4H3/t15?,16-/m1/s1. The number of carbonyl (C=O) groups excluding carboxylic acids is 3. The number of carbonyl (C=O) groups is 3. The van der Waals surface area contributed by atoms with Crippen LogP contribution < -0.4 is 0 Å². The van der Waals surface area contributed by atoms with E-state index in [-0.39, 0.29) is 23.4 Å². The van der Waals surface area contributed by atoms with Crippen molar-refractivity contribution in [1.82, 2.24) is 0 Å². The van der Waals surface area contributed by atoms with Crippen molar-refractivity contribution in [2.24, 2.45) is 10.9 Å². The fourth-order valence-electron chi connectivity index (χ4n) is 3.25. The summed E-state index contributed by atoms with van der Waals surface area (Å²) >= 11 is 0. The highest BCUT2D eigenvalue weighted by molar-refractivity contribution is 6.07. The number of esters is 3. The second-order valence-electron chi connectivity index (χ2n) is 6.19. The molecule has 2 atom stereocenters. The molecule has 0 radical (unpaired) electrons. The van der Waals surface area contributed by atoms with Crippen molar-refractivity contribution in [1.29, 1.82) is 0 Å². The molecule has 0 N–H and O–H groups in total. The smallest absolute Gasteiger partial charge is 0.336 e. The molecule has 1 aromatic carbocycles. The third-order valence-electron chi connectivity index (χ3n) is 4.56. The van der Waals surface area contributed by atoms with Gasteiger partial charge in [-0.15, -0.1) is 0 Å². The molecule has 1 aliphatic rings. The number of nitrogens with zero attached hydrogens (tertiary/aromatic N) is 2. The van der Waals surface area contributed by atoms with E-state index in [4.69, 9.17) is 9.47 Å². The Morgan fingerprint density at radius 1 is 1.14 bits per heavy atom. The van der Waals surface area contributed by atoms with E-state index in [2.05, 4.69) is 9.73 Å². The summed E-state index contributed by atoms with van der Waals surface area (Å²) < 4.78 is 14.4. The number of aliphatic imine (C=N–C) groups is 1. The van der Waals surface area contributed by atoms with Crippen molar-refractivity contribution < 1.29 is 33.5 Å². The monoisotopic (exact) mass is 404 g/mol. The predicted molar refractivity (Wildman–Crippen MR) is 100 cm³/mol. The molecule has 0 fully saturated rings. The Hall–Kier alpha value is -3.56. The molecule has 1 unspecified atom stereocenters. The van der Waals surface area contributed by atoms with E-state index in [1.807, 2.05) is 0 Å². The zero-order valence-electron chi connectivity index (χ0n) is 16.3. The lowest BCUT2D eigenvalue weighted by molar-refractivity contribution is -0.384. The Morgan fingerprint density at radius 3 is 2.38 bits per heavy atom. The van der Waals surface area contributed by atoms with Gasteiger partial charge in [0.2, 0.25) is 0 Å². The molecule has 0 bridgehead atoms. The second-order valence-corrected chi connectivity index (χ2v) is 6.19. The molecule has 10 nitrogen and oxygen atoms in total. The summed E-state index contributed by atoms with van der Waals surface area (Å²) in [5.74, 6) is -4.16. The Labute approximate surface area is 166 Å². The maximum Gasteiger partial charge on any atom is 0.336 e. The van der Waals surface area contributed by atoms with Crippen LogP contribution in [0.15, 0.2) is 40.5 Å². The van der Waals surface area contributed by atoms with Gasteiger partial charge in [-0.25, -0.2) is 4.79 Å². The maximum absolute atomic E-state index is 12.6. The number of methoxy groups -OCH3 is 3. The number of nitro groups is 1. The molecular formula is C19H20N2O8. The second kappa shape index (κ2) is 9.09. The normalized spacial score (nSPS) is 18.6. The summed E-state index contributed by atoms with van der Waals surface area (Å²) in [6.07, 6.45) is -0.336. The van der Waals surface area contributed by atoms with Crippen molar-refractivity contribution >= 4 is 29.3 Å². The summed E-state index contributed by atoms with van der Waals surface area (Å²) in [6.45, 7) is 1.55. The lowest BCUT2D eigenvalue weighted by Crippen LogP contribution is -2.36. The molecule has 0 saturated carbocycles. The van der Waals surface area contributed by atoms with Crippen LogP contribution in [0.1, 0.15) is 24.8 Å². The van der Waals surface area contributed by atoms with Crippen LogP contribution in [-0.2, 0) is 28.6 Å². The first-order valence-electron chi connectivity index (χ1n) is 8.50. The van der Waals surface area contributed by atoms with Crippen LogP contribution in [0.5, 0.6) is 0 Å². The van der Waals surface area contributed by atoms with Crippen LogP contribution in [0.3, 0.4) is 0 Å². The maximum atomic E-state index is 12.6. The quantitative estimate of drug-likeness (QED) is 0.304. The van der Waals surface area contributed by atoms with Gasteiger partial charge in [-0.05, 0) is 12.5 Å². The molecule has 0 saturated heterocycles. The van der Waals surface area contributed by atoms with Gasteiger partial charge in [0.1, 0.15) is 5.92 Å². The molecule has 1 aliphatic heterocycles. The van der Waals surface area contributed by atoms with Crippen LogP contribution in [0.2, 0.25) is 0 Å². The first-order valence-corrected chi connectivity index (χ1v) is 8.50. The zero-order valence-corrected chi connectivity index (χ0v) is 16.3. The van der Waals surface area contributed by atoms with Crippen molar-refractivity contribution in [2.75, 3.05) is 21.3 Å². The molecule has 1 aromatic rings. The molecule has 1 heterocycles. The van der Waals surface area contributed by atoms with Gasteiger partial charge in [0.15, 0.2) is 0 Å². The Kier molecular flexibility index (Phi) is 6.81. The zero-order chi connectivity index (χ0) is 21.7. The Bertz CT molecular complexity index is 919. The van der Waals surface area contributed by atoms with Crippen LogP contribution >= 0.6 is 0 Å². The number of nitro benzene ring substituents is 1. The molecule has 2 rings (SSSR count). The summed E-state index contributed by atoms with van der Waals surface area (Å²) in [6, 6.07) is 5.54. The van der Waals surface area contributed by atoms with Gasteiger partial charge >= 0.3 is 17.9 Å². The molecule has 10 heteroatoms. The van der Waals surface area contributed by atoms with Crippen molar-refractivity contribution in [3.05, 3.63) is 51.2 Å². The van der Waals surface area contributed by atoms with E-state index in [1.165, 1.54) is 32.4 Å². The summed E-state index contributed by atoms with van der Waals surface area (Å²) in [4.78, 5) is 51.9. The highest BCUT2D eigenvalue weighted by Gasteiger charge is 2.43. The minimum Gasteiger partial charge on any atom is -0.469 e. The topological polar surface area (TPSA) is 134 Å². The SMILES string of the molecule is COC(=O)CC1=C(C(=O)OC)[C@H](c2cccc([N+](=O)[O-])c2)C(C(=O)OC)C(C)=N1. The Balaban J connectivity index is 2.78. The average Bonchev–Trinajstić information content (AvgIpc) is 2.72. The van der Waals surface area contributed by atoms with Crippen molar-refractivity contribution in [3.8, 4) is 0 Å². The van der Waals surface area contributed by atoms with Crippen LogP contribution in [0, 0.1) is 16.0 Å². The molecule has 0 spiro atoms. The fourth-order valence-corrected chi connectivity index (χ4v) is 3.25. The minimum atomic E-state index is -1.03. The van der Waals surface area contributed by atoms with Gasteiger partial charge in [0.05, 0.1) is 43.9 Å². The van der Waals surface area contributed by atoms with E-state index in [0.29, 0.717) is 11.3 Å². The molecule has 0 aliphatic carbocycles. The van der Waals surface area contributed by atoms with Gasteiger partial charge in [-0.3, -0.25) is 24.7 Å². The Morgan fingerprint density at radius 2 is 1.83 bits per heavy atom. The number of hydrogen-bond acceptors (Lipinski definition) is 9. The van der Waals surface area contributed by atoms with Gasteiger partial charge in [0.25, 0.3) is 5.69 Å². The average molecular weight is 404 g/mol. The van der Waals surface area contributed by atoms with E-state index in [0.717, 1.165) is 7.11 Å². The number of benzene rings is 1. The van der Waals surface area contributed by atoms with Crippen molar-refractivity contribution in [2.45, 2.75) is 19.3 Å². The van der Waals surface area contributed by atoms with E-state index >= 15 is 0 Å². The summed E-state index contributed by atoms with van der Waals surface area (Å²) in [7, 11) is 3.52. The number of ether oxygens (including phenoxy) is 3. The molecule has 154 valence electrons. The third-order valence-corrected chi connectivity index (χ3v) is 4.56. The fraction of sp³-hybridized carbons (Fsp3) is 0.368. The highest BCUT2D eigenvalue weighted by atomic mass is 16.6. The van der Waals surface area contributed by atoms with Crippen LogP contribution in [-0.4, -0.2) is 49.9 Å². The first-order chi connectivity index (χ1) is 13.7. The van der Waals surface area contributed by atoms with E-state index < -0.39 is 34.7 Å². The number of rotatable bonds is 6. The van der Waals surface area contributed by atoms with Gasteiger partial charge in [-0.1, -0.05) is 12.1 Å². The lowest BCUT2D eigenvalue weighted by Gasteiger charge is -2.31.